The van der Waals surface area contributed by atoms with E-state index in [-0.39, 0.29) is 6.10 Å². The second-order valence-corrected chi connectivity index (χ2v) is 6.34. The molecular weight excluding hydrogens is 262 g/mol. The summed E-state index contributed by atoms with van der Waals surface area (Å²) in [5, 5.41) is 3.44. The fourth-order valence-corrected chi connectivity index (χ4v) is 1.84. The van der Waals surface area contributed by atoms with E-state index < -0.39 is 0 Å². The molecule has 1 unspecified atom stereocenters. The van der Waals surface area contributed by atoms with Gasteiger partial charge in [0.2, 0.25) is 0 Å². The van der Waals surface area contributed by atoms with Gasteiger partial charge < -0.3 is 14.8 Å². The Morgan fingerprint density at radius 2 is 1.81 bits per heavy atom. The molecule has 1 rings (SSSR count). The monoisotopic (exact) mass is 293 g/mol. The van der Waals surface area contributed by atoms with Gasteiger partial charge in [-0.05, 0) is 43.0 Å². The van der Waals surface area contributed by atoms with Crippen molar-refractivity contribution in [3.05, 3.63) is 29.8 Å². The van der Waals surface area contributed by atoms with Gasteiger partial charge in [0.15, 0.2) is 0 Å². The quantitative estimate of drug-likeness (QED) is 0.664. The zero-order valence-corrected chi connectivity index (χ0v) is 14.2. The lowest BCUT2D eigenvalue weighted by atomic mass is 10.1. The summed E-state index contributed by atoms with van der Waals surface area (Å²) in [5.41, 5.74) is 1.25. The molecule has 0 aliphatic heterocycles. The van der Waals surface area contributed by atoms with Crippen molar-refractivity contribution in [1.29, 1.82) is 0 Å². The minimum atomic E-state index is 0.278. The SMILES string of the molecule is CC(C)CNCc1cccc(OCCOC(C)C(C)C)c1. The van der Waals surface area contributed by atoms with E-state index in [4.69, 9.17) is 9.47 Å². The van der Waals surface area contributed by atoms with Crippen molar-refractivity contribution >= 4 is 0 Å². The van der Waals surface area contributed by atoms with Crippen molar-refractivity contribution in [2.75, 3.05) is 19.8 Å². The van der Waals surface area contributed by atoms with Crippen molar-refractivity contribution < 1.29 is 9.47 Å². The molecule has 0 bridgehead atoms. The summed E-state index contributed by atoms with van der Waals surface area (Å²) in [6.45, 7) is 14.0. The van der Waals surface area contributed by atoms with Gasteiger partial charge in [0, 0.05) is 6.54 Å². The molecule has 120 valence electrons. The van der Waals surface area contributed by atoms with Gasteiger partial charge in [-0.15, -0.1) is 0 Å². The highest BCUT2D eigenvalue weighted by Gasteiger charge is 2.06. The topological polar surface area (TPSA) is 30.5 Å². The predicted octanol–water partition coefficient (Wildman–Crippen LogP) is 3.87. The molecule has 0 amide bonds. The highest BCUT2D eigenvalue weighted by Crippen LogP contribution is 2.13. The lowest BCUT2D eigenvalue weighted by Crippen LogP contribution is -2.19. The molecule has 1 atom stereocenters. The summed E-state index contributed by atoms with van der Waals surface area (Å²) in [7, 11) is 0. The number of nitrogens with one attached hydrogen (secondary N) is 1. The molecule has 1 aromatic carbocycles. The van der Waals surface area contributed by atoms with Crippen LogP contribution in [-0.2, 0) is 11.3 Å². The zero-order valence-electron chi connectivity index (χ0n) is 14.2. The van der Waals surface area contributed by atoms with Crippen molar-refractivity contribution in [3.63, 3.8) is 0 Å². The third kappa shape index (κ3) is 8.08. The van der Waals surface area contributed by atoms with Crippen LogP contribution in [0.3, 0.4) is 0 Å². The van der Waals surface area contributed by atoms with E-state index >= 15 is 0 Å². The number of ether oxygens (including phenoxy) is 2. The molecule has 21 heavy (non-hydrogen) atoms. The summed E-state index contributed by atoms with van der Waals surface area (Å²) in [6, 6.07) is 8.26. The van der Waals surface area contributed by atoms with Crippen LogP contribution in [0.25, 0.3) is 0 Å². The normalized spacial score (nSPS) is 12.9. The van der Waals surface area contributed by atoms with Crippen LogP contribution in [0.1, 0.15) is 40.2 Å². The standard InChI is InChI=1S/C18H31NO2/c1-14(2)12-19-13-17-7-6-8-18(11-17)21-10-9-20-16(5)15(3)4/h6-8,11,14-16,19H,9-10,12-13H2,1-5H3. The molecule has 0 spiro atoms. The highest BCUT2D eigenvalue weighted by molar-refractivity contribution is 5.28. The fourth-order valence-electron chi connectivity index (χ4n) is 1.84. The van der Waals surface area contributed by atoms with Crippen LogP contribution in [0.5, 0.6) is 5.75 Å². The van der Waals surface area contributed by atoms with Gasteiger partial charge in [-0.1, -0.05) is 39.8 Å². The van der Waals surface area contributed by atoms with E-state index in [1.54, 1.807) is 0 Å². The minimum absolute atomic E-state index is 0.278. The van der Waals surface area contributed by atoms with Crippen molar-refractivity contribution in [2.45, 2.75) is 47.3 Å². The summed E-state index contributed by atoms with van der Waals surface area (Å²) in [4.78, 5) is 0. The molecule has 0 fully saturated rings. The van der Waals surface area contributed by atoms with Gasteiger partial charge in [-0.2, -0.15) is 0 Å². The second-order valence-electron chi connectivity index (χ2n) is 6.34. The molecule has 0 saturated heterocycles. The third-order valence-corrected chi connectivity index (χ3v) is 3.45. The molecule has 0 aromatic heterocycles. The van der Waals surface area contributed by atoms with E-state index in [2.05, 4.69) is 52.1 Å². The minimum Gasteiger partial charge on any atom is -0.491 e. The molecule has 3 heteroatoms. The van der Waals surface area contributed by atoms with Gasteiger partial charge in [0.1, 0.15) is 12.4 Å². The van der Waals surface area contributed by atoms with Gasteiger partial charge >= 0.3 is 0 Å². The smallest absolute Gasteiger partial charge is 0.119 e. The molecular formula is C18H31NO2. The molecule has 0 radical (unpaired) electrons. The van der Waals surface area contributed by atoms with Crippen LogP contribution >= 0.6 is 0 Å². The maximum Gasteiger partial charge on any atom is 0.119 e. The average Bonchev–Trinajstić information content (AvgIpc) is 2.43. The summed E-state index contributed by atoms with van der Waals surface area (Å²) >= 11 is 0. The molecule has 0 heterocycles. The number of rotatable bonds is 10. The molecule has 0 aliphatic rings. The first-order valence-corrected chi connectivity index (χ1v) is 8.03. The Hall–Kier alpha value is -1.06. The Labute approximate surface area is 130 Å². The molecule has 0 aliphatic carbocycles. The van der Waals surface area contributed by atoms with Gasteiger partial charge in [0.05, 0.1) is 12.7 Å². The number of benzene rings is 1. The van der Waals surface area contributed by atoms with E-state index in [1.807, 2.05) is 12.1 Å². The Kier molecular flexibility index (Phi) is 8.40. The van der Waals surface area contributed by atoms with Gasteiger partial charge in [0.25, 0.3) is 0 Å². The van der Waals surface area contributed by atoms with Crippen LogP contribution in [-0.4, -0.2) is 25.9 Å². The van der Waals surface area contributed by atoms with Crippen molar-refractivity contribution in [3.8, 4) is 5.75 Å². The molecule has 1 aromatic rings. The van der Waals surface area contributed by atoms with E-state index in [0.717, 1.165) is 18.8 Å². The lowest BCUT2D eigenvalue weighted by Gasteiger charge is -2.16. The number of hydrogen-bond donors (Lipinski definition) is 1. The first kappa shape index (κ1) is 18.0. The van der Waals surface area contributed by atoms with Gasteiger partial charge in [-0.3, -0.25) is 0 Å². The van der Waals surface area contributed by atoms with E-state index in [0.29, 0.717) is 25.0 Å². The van der Waals surface area contributed by atoms with Crippen LogP contribution in [0.2, 0.25) is 0 Å². The van der Waals surface area contributed by atoms with Crippen LogP contribution in [0.4, 0.5) is 0 Å². The summed E-state index contributed by atoms with van der Waals surface area (Å²) in [5.74, 6) is 2.13. The highest BCUT2D eigenvalue weighted by atomic mass is 16.5. The van der Waals surface area contributed by atoms with E-state index in [1.165, 1.54) is 5.56 Å². The van der Waals surface area contributed by atoms with Crippen molar-refractivity contribution in [2.24, 2.45) is 11.8 Å². The van der Waals surface area contributed by atoms with Crippen LogP contribution in [0, 0.1) is 11.8 Å². The summed E-state index contributed by atoms with van der Waals surface area (Å²) in [6.07, 6.45) is 0.278. The number of hydrogen-bond acceptors (Lipinski definition) is 3. The molecule has 0 saturated carbocycles. The Morgan fingerprint density at radius 1 is 1.05 bits per heavy atom. The lowest BCUT2D eigenvalue weighted by molar-refractivity contribution is 0.0188. The predicted molar refractivity (Wildman–Crippen MR) is 88.7 cm³/mol. The zero-order chi connectivity index (χ0) is 15.7. The van der Waals surface area contributed by atoms with Gasteiger partial charge in [-0.25, -0.2) is 0 Å². The van der Waals surface area contributed by atoms with Crippen LogP contribution in [0.15, 0.2) is 24.3 Å². The Morgan fingerprint density at radius 3 is 2.48 bits per heavy atom. The maximum atomic E-state index is 5.75. The summed E-state index contributed by atoms with van der Waals surface area (Å²) < 4.78 is 11.5. The first-order valence-electron chi connectivity index (χ1n) is 8.03. The third-order valence-electron chi connectivity index (χ3n) is 3.45. The van der Waals surface area contributed by atoms with E-state index in [9.17, 15) is 0 Å². The Balaban J connectivity index is 2.29. The fraction of sp³-hybridized carbons (Fsp3) is 0.667. The average molecular weight is 293 g/mol. The largest absolute Gasteiger partial charge is 0.491 e. The molecule has 3 nitrogen and oxygen atoms in total. The Bertz CT molecular complexity index is 391. The van der Waals surface area contributed by atoms with Crippen molar-refractivity contribution in [1.82, 2.24) is 5.32 Å². The second kappa shape index (κ2) is 9.80. The molecule has 1 N–H and O–H groups in total. The first-order chi connectivity index (χ1) is 9.99. The van der Waals surface area contributed by atoms with Crippen LogP contribution < -0.4 is 10.1 Å². The maximum absolute atomic E-state index is 5.75.